The van der Waals surface area contributed by atoms with Crippen molar-refractivity contribution in [3.63, 3.8) is 0 Å². The van der Waals surface area contributed by atoms with Crippen molar-refractivity contribution in [2.75, 3.05) is 20.8 Å². The van der Waals surface area contributed by atoms with E-state index >= 15 is 0 Å². The van der Waals surface area contributed by atoms with Crippen LogP contribution >= 0.6 is 0 Å². The van der Waals surface area contributed by atoms with Gasteiger partial charge in [0, 0.05) is 18.9 Å². The number of hydrogen-bond acceptors (Lipinski definition) is 6. The number of hydrogen-bond donors (Lipinski definition) is 3. The molecule has 2 amide bonds. The van der Waals surface area contributed by atoms with E-state index in [1.165, 1.54) is 7.11 Å². The molecule has 1 aliphatic carbocycles. The number of carbonyl (C=O) groups is 3. The number of ether oxygens (including phenoxy) is 2. The van der Waals surface area contributed by atoms with Crippen molar-refractivity contribution in [3.8, 4) is 5.75 Å². The van der Waals surface area contributed by atoms with Crippen molar-refractivity contribution in [1.82, 2.24) is 10.6 Å². The third-order valence-electron chi connectivity index (χ3n) is 4.92. The van der Waals surface area contributed by atoms with Gasteiger partial charge in [-0.05, 0) is 30.9 Å². The van der Waals surface area contributed by atoms with Gasteiger partial charge in [0.2, 0.25) is 11.8 Å². The molecule has 2 rings (SSSR count). The molecule has 28 heavy (non-hydrogen) atoms. The first kappa shape index (κ1) is 21.7. The molecule has 3 N–H and O–H groups in total. The van der Waals surface area contributed by atoms with Crippen molar-refractivity contribution in [3.05, 3.63) is 29.8 Å². The molecule has 1 fully saturated rings. The highest BCUT2D eigenvalue weighted by atomic mass is 16.5. The summed E-state index contributed by atoms with van der Waals surface area (Å²) in [5.74, 6) is -0.463. The van der Waals surface area contributed by atoms with E-state index in [2.05, 4.69) is 15.4 Å². The summed E-state index contributed by atoms with van der Waals surface area (Å²) in [5.41, 5.74) is 0.940. The number of aryl methyl sites for hydroxylation is 1. The largest absolute Gasteiger partial charge is 0.496 e. The summed E-state index contributed by atoms with van der Waals surface area (Å²) >= 11 is 0. The molecule has 8 nitrogen and oxygen atoms in total. The van der Waals surface area contributed by atoms with Crippen LogP contribution in [-0.2, 0) is 25.5 Å². The molecular weight excluding hydrogens is 364 g/mol. The predicted molar refractivity (Wildman–Crippen MR) is 102 cm³/mol. The number of esters is 1. The van der Waals surface area contributed by atoms with Crippen molar-refractivity contribution in [2.24, 2.45) is 5.92 Å². The summed E-state index contributed by atoms with van der Waals surface area (Å²) in [7, 11) is 2.88. The van der Waals surface area contributed by atoms with E-state index in [0.29, 0.717) is 12.8 Å². The first-order valence-electron chi connectivity index (χ1n) is 9.38. The maximum atomic E-state index is 12.3. The van der Waals surface area contributed by atoms with Gasteiger partial charge < -0.3 is 25.2 Å². The van der Waals surface area contributed by atoms with Crippen LogP contribution in [0.2, 0.25) is 0 Å². The van der Waals surface area contributed by atoms with Crippen LogP contribution in [0.4, 0.5) is 0 Å². The Kier molecular flexibility index (Phi) is 8.25. The molecule has 0 aromatic heterocycles. The number of carbonyl (C=O) groups excluding carboxylic acids is 3. The molecule has 0 radical (unpaired) electrons. The van der Waals surface area contributed by atoms with E-state index < -0.39 is 24.0 Å². The van der Waals surface area contributed by atoms with Crippen LogP contribution in [-0.4, -0.2) is 55.8 Å². The lowest BCUT2D eigenvalue weighted by Gasteiger charge is -2.16. The molecule has 1 saturated carbocycles. The second kappa shape index (κ2) is 10.7. The zero-order chi connectivity index (χ0) is 20.5. The molecular formula is C20H28N2O6. The molecule has 1 aromatic carbocycles. The molecule has 0 bridgehead atoms. The van der Waals surface area contributed by atoms with Crippen LogP contribution in [0.1, 0.15) is 31.2 Å². The SMILES string of the molecule is COC(=O)CCNC(=O)[C@H]1C[C@H](NC(=O)CCc2ccccc2OC)[C@@H](O)C1. The molecule has 0 saturated heterocycles. The van der Waals surface area contributed by atoms with Crippen molar-refractivity contribution in [1.29, 1.82) is 0 Å². The van der Waals surface area contributed by atoms with Crippen LogP contribution < -0.4 is 15.4 Å². The van der Waals surface area contributed by atoms with Gasteiger partial charge in [-0.15, -0.1) is 0 Å². The molecule has 0 aliphatic heterocycles. The molecule has 0 heterocycles. The maximum Gasteiger partial charge on any atom is 0.307 e. The summed E-state index contributed by atoms with van der Waals surface area (Å²) in [5, 5.41) is 15.7. The van der Waals surface area contributed by atoms with Crippen molar-refractivity contribution >= 4 is 17.8 Å². The minimum Gasteiger partial charge on any atom is -0.496 e. The summed E-state index contributed by atoms with van der Waals surface area (Å²) in [6, 6.07) is 7.05. The summed E-state index contributed by atoms with van der Waals surface area (Å²) < 4.78 is 9.80. The second-order valence-electron chi connectivity index (χ2n) is 6.84. The Morgan fingerprint density at radius 2 is 1.89 bits per heavy atom. The number of nitrogens with one attached hydrogen (secondary N) is 2. The van der Waals surface area contributed by atoms with Gasteiger partial charge in [0.15, 0.2) is 0 Å². The number of rotatable bonds is 9. The third-order valence-corrected chi connectivity index (χ3v) is 4.92. The summed E-state index contributed by atoms with van der Waals surface area (Å²) in [4.78, 5) is 35.5. The number of benzene rings is 1. The second-order valence-corrected chi connectivity index (χ2v) is 6.84. The molecule has 154 valence electrons. The highest BCUT2D eigenvalue weighted by Gasteiger charge is 2.37. The lowest BCUT2D eigenvalue weighted by atomic mass is 10.1. The van der Waals surface area contributed by atoms with Crippen LogP contribution in [0.15, 0.2) is 24.3 Å². The fraction of sp³-hybridized carbons (Fsp3) is 0.550. The number of aliphatic hydroxyl groups excluding tert-OH is 1. The lowest BCUT2D eigenvalue weighted by molar-refractivity contribution is -0.140. The van der Waals surface area contributed by atoms with Gasteiger partial charge in [0.1, 0.15) is 5.75 Å². The first-order chi connectivity index (χ1) is 13.4. The number of methoxy groups -OCH3 is 2. The standard InChI is InChI=1S/C20H28N2O6/c1-27-17-6-4-3-5-13(17)7-8-18(24)22-15-11-14(12-16(15)23)20(26)21-10-9-19(25)28-2/h3-6,14-16,23H,7-12H2,1-2H3,(H,21,26)(H,22,24)/t14-,15-,16-/m0/s1. The Balaban J connectivity index is 1.77. The van der Waals surface area contributed by atoms with E-state index in [9.17, 15) is 19.5 Å². The average molecular weight is 392 g/mol. The molecule has 8 heteroatoms. The van der Waals surface area contributed by atoms with Crippen LogP contribution in [0.5, 0.6) is 5.75 Å². The third kappa shape index (κ3) is 6.23. The number of para-hydroxylation sites is 1. The molecule has 0 spiro atoms. The monoisotopic (exact) mass is 392 g/mol. The van der Waals surface area contributed by atoms with Crippen molar-refractivity contribution in [2.45, 2.75) is 44.2 Å². The van der Waals surface area contributed by atoms with E-state index in [-0.39, 0.29) is 37.6 Å². The Hall–Kier alpha value is -2.61. The zero-order valence-electron chi connectivity index (χ0n) is 16.3. The zero-order valence-corrected chi connectivity index (χ0v) is 16.3. The van der Waals surface area contributed by atoms with Gasteiger partial charge in [-0.25, -0.2) is 0 Å². The fourth-order valence-corrected chi connectivity index (χ4v) is 3.36. The van der Waals surface area contributed by atoms with Crippen LogP contribution in [0.3, 0.4) is 0 Å². The average Bonchev–Trinajstić information content (AvgIpc) is 3.06. The minimum absolute atomic E-state index is 0.0978. The Bertz CT molecular complexity index is 693. The van der Waals surface area contributed by atoms with Gasteiger partial charge in [-0.1, -0.05) is 18.2 Å². The molecule has 3 atom stereocenters. The Labute approximate surface area is 164 Å². The molecule has 1 aliphatic rings. The normalized spacial score (nSPS) is 21.0. The van der Waals surface area contributed by atoms with Gasteiger partial charge >= 0.3 is 5.97 Å². The summed E-state index contributed by atoms with van der Waals surface area (Å²) in [6.45, 7) is 0.189. The first-order valence-corrected chi connectivity index (χ1v) is 9.38. The predicted octanol–water partition coefficient (Wildman–Crippen LogP) is 0.563. The van der Waals surface area contributed by atoms with E-state index in [0.717, 1.165) is 11.3 Å². The van der Waals surface area contributed by atoms with E-state index in [4.69, 9.17) is 4.74 Å². The van der Waals surface area contributed by atoms with Gasteiger partial charge in [0.25, 0.3) is 0 Å². The maximum absolute atomic E-state index is 12.3. The van der Waals surface area contributed by atoms with E-state index in [1.54, 1.807) is 7.11 Å². The Morgan fingerprint density at radius 3 is 2.61 bits per heavy atom. The topological polar surface area (TPSA) is 114 Å². The minimum atomic E-state index is -0.772. The van der Waals surface area contributed by atoms with Gasteiger partial charge in [-0.2, -0.15) is 0 Å². The van der Waals surface area contributed by atoms with Gasteiger partial charge in [0.05, 0.1) is 32.8 Å². The summed E-state index contributed by atoms with van der Waals surface area (Å²) in [6.07, 6.45) is 0.760. The smallest absolute Gasteiger partial charge is 0.307 e. The number of amides is 2. The Morgan fingerprint density at radius 1 is 1.14 bits per heavy atom. The molecule has 1 aromatic rings. The van der Waals surface area contributed by atoms with Crippen LogP contribution in [0.25, 0.3) is 0 Å². The fourth-order valence-electron chi connectivity index (χ4n) is 3.36. The van der Waals surface area contributed by atoms with E-state index in [1.807, 2.05) is 24.3 Å². The molecule has 0 unspecified atom stereocenters. The van der Waals surface area contributed by atoms with Crippen molar-refractivity contribution < 1.29 is 29.0 Å². The lowest BCUT2D eigenvalue weighted by Crippen LogP contribution is -2.40. The highest BCUT2D eigenvalue weighted by Crippen LogP contribution is 2.26. The van der Waals surface area contributed by atoms with Crippen LogP contribution in [0, 0.1) is 5.92 Å². The quantitative estimate of drug-likeness (QED) is 0.529. The number of aliphatic hydroxyl groups is 1. The van der Waals surface area contributed by atoms with Gasteiger partial charge in [-0.3, -0.25) is 14.4 Å². The highest BCUT2D eigenvalue weighted by molar-refractivity contribution is 5.80.